The van der Waals surface area contributed by atoms with Crippen LogP contribution in [0.1, 0.15) is 29.7 Å². The molecule has 0 saturated heterocycles. The number of ether oxygens (including phenoxy) is 1. The first-order chi connectivity index (χ1) is 15.1. The van der Waals surface area contributed by atoms with E-state index in [-0.39, 0.29) is 23.5 Å². The van der Waals surface area contributed by atoms with Crippen LogP contribution in [0.2, 0.25) is 5.02 Å². The lowest BCUT2D eigenvalue weighted by atomic mass is 10.1. The first-order valence-electron chi connectivity index (χ1n) is 10.0. The van der Waals surface area contributed by atoms with Gasteiger partial charge in [0.15, 0.2) is 6.61 Å². The molecule has 3 aromatic rings. The van der Waals surface area contributed by atoms with Crippen LogP contribution in [-0.4, -0.2) is 20.9 Å². The van der Waals surface area contributed by atoms with E-state index in [1.165, 1.54) is 12.1 Å². The predicted octanol–water partition coefficient (Wildman–Crippen LogP) is 5.01. The van der Waals surface area contributed by atoms with Crippen LogP contribution in [0.25, 0.3) is 0 Å². The van der Waals surface area contributed by atoms with Gasteiger partial charge in [-0.25, -0.2) is 8.42 Å². The largest absolute Gasteiger partial charge is 0.484 e. The minimum absolute atomic E-state index is 0.115. The summed E-state index contributed by atoms with van der Waals surface area (Å²) in [5.41, 5.74) is 3.06. The van der Waals surface area contributed by atoms with Crippen LogP contribution in [-0.2, 0) is 14.8 Å². The van der Waals surface area contributed by atoms with Gasteiger partial charge in [0.1, 0.15) is 5.75 Å². The van der Waals surface area contributed by atoms with Crippen molar-refractivity contribution in [2.24, 2.45) is 0 Å². The van der Waals surface area contributed by atoms with Gasteiger partial charge in [-0.2, -0.15) is 0 Å². The van der Waals surface area contributed by atoms with Crippen molar-refractivity contribution in [2.45, 2.75) is 31.7 Å². The van der Waals surface area contributed by atoms with Gasteiger partial charge in [0.05, 0.1) is 10.9 Å². The van der Waals surface area contributed by atoms with Gasteiger partial charge in [-0.15, -0.1) is 0 Å². The topological polar surface area (TPSA) is 84.5 Å². The predicted molar refractivity (Wildman–Crippen MR) is 127 cm³/mol. The highest BCUT2D eigenvalue weighted by Crippen LogP contribution is 2.24. The Kier molecular flexibility index (Phi) is 7.43. The first-order valence-corrected chi connectivity index (χ1v) is 11.9. The fraction of sp³-hybridized carbons (Fsp3) is 0.208. The molecular weight excluding hydrogens is 448 g/mol. The minimum atomic E-state index is -3.74. The maximum Gasteiger partial charge on any atom is 0.261 e. The number of carbonyl (C=O) groups excluding carboxylic acids is 1. The van der Waals surface area contributed by atoms with Crippen molar-refractivity contribution in [3.8, 4) is 5.75 Å². The SMILES string of the molecule is Cc1ccc(NS(=O)(=O)c2ccc(OCC(=O)N[C@@H](C)c3ccc(Cl)cc3)c(C)c2)cc1. The smallest absolute Gasteiger partial charge is 0.261 e. The molecule has 6 nitrogen and oxygen atoms in total. The van der Waals surface area contributed by atoms with Crippen molar-refractivity contribution in [2.75, 3.05) is 11.3 Å². The monoisotopic (exact) mass is 472 g/mol. The van der Waals surface area contributed by atoms with Gasteiger partial charge in [0, 0.05) is 10.7 Å². The van der Waals surface area contributed by atoms with Crippen molar-refractivity contribution >= 4 is 33.2 Å². The Morgan fingerprint density at radius 3 is 2.28 bits per heavy atom. The second kappa shape index (κ2) is 10.1. The summed E-state index contributed by atoms with van der Waals surface area (Å²) in [6, 6.07) is 18.6. The number of carbonyl (C=O) groups is 1. The van der Waals surface area contributed by atoms with E-state index in [1.54, 1.807) is 37.3 Å². The Labute approximate surface area is 193 Å². The molecule has 3 aromatic carbocycles. The Morgan fingerprint density at radius 2 is 1.66 bits per heavy atom. The molecule has 0 aromatic heterocycles. The molecule has 8 heteroatoms. The molecule has 0 unspecified atom stereocenters. The molecule has 0 spiro atoms. The van der Waals surface area contributed by atoms with Crippen LogP contribution < -0.4 is 14.8 Å². The molecule has 0 fully saturated rings. The van der Waals surface area contributed by atoms with E-state index in [2.05, 4.69) is 10.0 Å². The summed E-state index contributed by atoms with van der Waals surface area (Å²) < 4.78 is 33.5. The highest BCUT2D eigenvalue weighted by Gasteiger charge is 2.17. The Bertz CT molecular complexity index is 1190. The average Bonchev–Trinajstić information content (AvgIpc) is 2.74. The molecule has 0 bridgehead atoms. The molecule has 2 N–H and O–H groups in total. The molecule has 32 heavy (non-hydrogen) atoms. The Balaban J connectivity index is 1.60. The number of hydrogen-bond acceptors (Lipinski definition) is 4. The van der Waals surface area contributed by atoms with E-state index in [4.69, 9.17) is 16.3 Å². The Hall–Kier alpha value is -3.03. The number of aryl methyl sites for hydroxylation is 2. The molecule has 0 aliphatic heterocycles. The fourth-order valence-electron chi connectivity index (χ4n) is 3.05. The summed E-state index contributed by atoms with van der Waals surface area (Å²) in [5.74, 6) is 0.151. The van der Waals surface area contributed by atoms with Crippen molar-refractivity contribution in [3.63, 3.8) is 0 Å². The summed E-state index contributed by atoms with van der Waals surface area (Å²) in [7, 11) is -3.74. The van der Waals surface area contributed by atoms with Gasteiger partial charge in [-0.1, -0.05) is 41.4 Å². The number of nitrogens with one attached hydrogen (secondary N) is 2. The highest BCUT2D eigenvalue weighted by molar-refractivity contribution is 7.92. The number of amides is 1. The quantitative estimate of drug-likeness (QED) is 0.482. The summed E-state index contributed by atoms with van der Waals surface area (Å²) in [5, 5.41) is 3.49. The van der Waals surface area contributed by atoms with Crippen LogP contribution in [0.4, 0.5) is 5.69 Å². The minimum Gasteiger partial charge on any atom is -0.484 e. The van der Waals surface area contributed by atoms with E-state index in [9.17, 15) is 13.2 Å². The summed E-state index contributed by atoms with van der Waals surface area (Å²) in [4.78, 5) is 12.4. The zero-order valence-corrected chi connectivity index (χ0v) is 19.6. The zero-order chi connectivity index (χ0) is 23.3. The van der Waals surface area contributed by atoms with Crippen molar-refractivity contribution in [1.29, 1.82) is 0 Å². The molecule has 1 atom stereocenters. The molecule has 3 rings (SSSR count). The second-order valence-corrected chi connectivity index (χ2v) is 9.65. The standard InChI is InChI=1S/C24H25ClN2O4S/c1-16-4-10-21(11-5-16)27-32(29,30)22-12-13-23(17(2)14-22)31-15-24(28)26-18(3)19-6-8-20(25)9-7-19/h4-14,18,27H,15H2,1-3H3,(H,26,28)/t18-/m0/s1. The lowest BCUT2D eigenvalue weighted by molar-refractivity contribution is -0.123. The van der Waals surface area contributed by atoms with Gasteiger partial charge in [0.2, 0.25) is 0 Å². The molecular formula is C24H25ClN2O4S. The van der Waals surface area contributed by atoms with E-state index >= 15 is 0 Å². The van der Waals surface area contributed by atoms with Gasteiger partial charge in [-0.3, -0.25) is 9.52 Å². The molecule has 1 amide bonds. The van der Waals surface area contributed by atoms with Crippen LogP contribution in [0.5, 0.6) is 5.75 Å². The third-order valence-corrected chi connectivity index (χ3v) is 6.50. The molecule has 168 valence electrons. The number of halogens is 1. The molecule has 0 radical (unpaired) electrons. The summed E-state index contributed by atoms with van der Waals surface area (Å²) in [6.45, 7) is 5.34. The maximum absolute atomic E-state index is 12.7. The van der Waals surface area contributed by atoms with E-state index in [1.807, 2.05) is 38.1 Å². The number of sulfonamides is 1. The van der Waals surface area contributed by atoms with E-state index in [0.29, 0.717) is 22.0 Å². The van der Waals surface area contributed by atoms with Gasteiger partial charge < -0.3 is 10.1 Å². The van der Waals surface area contributed by atoms with Gasteiger partial charge in [0.25, 0.3) is 15.9 Å². The average molecular weight is 473 g/mol. The van der Waals surface area contributed by atoms with Crippen molar-refractivity contribution in [1.82, 2.24) is 5.32 Å². The molecule has 0 saturated carbocycles. The second-order valence-electron chi connectivity index (χ2n) is 7.53. The number of rotatable bonds is 8. The third-order valence-electron chi connectivity index (χ3n) is 4.87. The van der Waals surface area contributed by atoms with Crippen LogP contribution in [0.3, 0.4) is 0 Å². The lowest BCUT2D eigenvalue weighted by Crippen LogP contribution is -2.31. The highest BCUT2D eigenvalue weighted by atomic mass is 35.5. The van der Waals surface area contributed by atoms with Crippen molar-refractivity contribution in [3.05, 3.63) is 88.4 Å². The number of hydrogen-bond donors (Lipinski definition) is 2. The van der Waals surface area contributed by atoms with Crippen molar-refractivity contribution < 1.29 is 17.9 Å². The summed E-state index contributed by atoms with van der Waals surface area (Å²) in [6.07, 6.45) is 0. The number of benzene rings is 3. The van der Waals surface area contributed by atoms with Gasteiger partial charge in [-0.05, 0) is 74.4 Å². The zero-order valence-electron chi connectivity index (χ0n) is 18.1. The van der Waals surface area contributed by atoms with Crippen LogP contribution in [0.15, 0.2) is 71.6 Å². The maximum atomic E-state index is 12.7. The normalized spacial score (nSPS) is 12.1. The molecule has 0 heterocycles. The fourth-order valence-corrected chi connectivity index (χ4v) is 4.32. The Morgan fingerprint density at radius 1 is 1.00 bits per heavy atom. The molecule has 0 aliphatic rings. The lowest BCUT2D eigenvalue weighted by Gasteiger charge is -2.16. The van der Waals surface area contributed by atoms with Crippen LogP contribution in [0, 0.1) is 13.8 Å². The number of anilines is 1. The van der Waals surface area contributed by atoms with Gasteiger partial charge >= 0.3 is 0 Å². The molecule has 0 aliphatic carbocycles. The van der Waals surface area contributed by atoms with E-state index < -0.39 is 10.0 Å². The van der Waals surface area contributed by atoms with Crippen LogP contribution >= 0.6 is 11.6 Å². The van der Waals surface area contributed by atoms with E-state index in [0.717, 1.165) is 11.1 Å². The third kappa shape index (κ3) is 6.24. The first kappa shape index (κ1) is 23.6. The summed E-state index contributed by atoms with van der Waals surface area (Å²) >= 11 is 5.89.